The summed E-state index contributed by atoms with van der Waals surface area (Å²) in [5.74, 6) is 0. The monoisotopic (exact) mass is 356 g/mol. The zero-order valence-electron chi connectivity index (χ0n) is 15.5. The first kappa shape index (κ1) is 17.6. The Morgan fingerprint density at radius 2 is 2.15 bits per heavy atom. The summed E-state index contributed by atoms with van der Waals surface area (Å²) in [7, 11) is 1.97. The Morgan fingerprint density at radius 3 is 2.88 bits per heavy atom. The van der Waals surface area contributed by atoms with E-state index < -0.39 is 0 Å². The molecule has 4 heterocycles. The fourth-order valence-corrected chi connectivity index (χ4v) is 4.14. The molecule has 2 aromatic rings. The second-order valence-corrected chi connectivity index (χ2v) is 7.81. The quantitative estimate of drug-likeness (QED) is 0.796. The lowest BCUT2D eigenvalue weighted by atomic mass is 9.76. The molecule has 2 aromatic heterocycles. The van der Waals surface area contributed by atoms with Crippen LogP contribution in [0.2, 0.25) is 0 Å². The molecule has 2 fully saturated rings. The first-order valence-electron chi connectivity index (χ1n) is 9.49. The molecule has 6 nitrogen and oxygen atoms in total. The van der Waals surface area contributed by atoms with Crippen LogP contribution in [0.3, 0.4) is 0 Å². The Kier molecular flexibility index (Phi) is 5.33. The second-order valence-electron chi connectivity index (χ2n) is 7.81. The molecule has 1 spiro atoms. The van der Waals surface area contributed by atoms with E-state index in [0.717, 1.165) is 38.2 Å². The van der Waals surface area contributed by atoms with Crippen LogP contribution in [-0.4, -0.2) is 52.1 Å². The van der Waals surface area contributed by atoms with Gasteiger partial charge >= 0.3 is 0 Å². The zero-order chi connectivity index (χ0) is 17.8. The van der Waals surface area contributed by atoms with Gasteiger partial charge in [0.15, 0.2) is 0 Å². The van der Waals surface area contributed by atoms with Crippen LogP contribution in [0.5, 0.6) is 0 Å². The minimum absolute atomic E-state index is 0.233. The molecule has 0 N–H and O–H groups in total. The van der Waals surface area contributed by atoms with Gasteiger partial charge in [-0.2, -0.15) is 5.10 Å². The van der Waals surface area contributed by atoms with E-state index in [1.165, 1.54) is 18.4 Å². The molecule has 0 unspecified atom stereocenters. The average molecular weight is 356 g/mol. The number of likely N-dealkylation sites (tertiary alicyclic amines) is 1. The van der Waals surface area contributed by atoms with Gasteiger partial charge in [-0.3, -0.25) is 14.6 Å². The van der Waals surface area contributed by atoms with Crippen molar-refractivity contribution in [1.82, 2.24) is 19.7 Å². The molecule has 26 heavy (non-hydrogen) atoms. The lowest BCUT2D eigenvalue weighted by molar-refractivity contribution is 0.00628. The average Bonchev–Trinajstić information content (AvgIpc) is 3.25. The van der Waals surface area contributed by atoms with E-state index in [9.17, 15) is 0 Å². The fraction of sp³-hybridized carbons (Fsp3) is 0.600. The number of ether oxygens (including phenoxy) is 2. The molecular weight excluding hydrogens is 328 g/mol. The molecule has 0 saturated carbocycles. The Bertz CT molecular complexity index is 695. The highest BCUT2D eigenvalue weighted by Crippen LogP contribution is 2.42. The number of aryl methyl sites for hydroxylation is 1. The first-order valence-corrected chi connectivity index (χ1v) is 9.49. The molecule has 0 radical (unpaired) electrons. The summed E-state index contributed by atoms with van der Waals surface area (Å²) in [6, 6.07) is 3.99. The van der Waals surface area contributed by atoms with Crippen molar-refractivity contribution in [3.05, 3.63) is 48.0 Å². The Hall–Kier alpha value is -1.76. The van der Waals surface area contributed by atoms with Crippen LogP contribution in [0.15, 0.2) is 36.9 Å². The van der Waals surface area contributed by atoms with Gasteiger partial charge in [0.1, 0.15) is 0 Å². The minimum atomic E-state index is 0.233. The summed E-state index contributed by atoms with van der Waals surface area (Å²) in [4.78, 5) is 6.66. The number of piperidine rings is 1. The molecular formula is C20H28N4O2. The summed E-state index contributed by atoms with van der Waals surface area (Å²) < 4.78 is 13.8. The maximum Gasteiger partial charge on any atom is 0.0815 e. The third kappa shape index (κ3) is 4.31. The number of hydrogen-bond acceptors (Lipinski definition) is 5. The van der Waals surface area contributed by atoms with Crippen LogP contribution < -0.4 is 0 Å². The van der Waals surface area contributed by atoms with Crippen LogP contribution in [0.25, 0.3) is 0 Å². The summed E-state index contributed by atoms with van der Waals surface area (Å²) in [5.41, 5.74) is 2.77. The van der Waals surface area contributed by atoms with Crippen LogP contribution in [0.1, 0.15) is 30.4 Å². The largest absolute Gasteiger partial charge is 0.375 e. The van der Waals surface area contributed by atoms with E-state index in [4.69, 9.17) is 9.47 Å². The number of hydrogen-bond donors (Lipinski definition) is 0. The SMILES string of the molecule is Cn1cc(CN2CCC3(CC2)CO[C@H](COCc2cccnc2)C3)cn1. The minimum Gasteiger partial charge on any atom is -0.375 e. The highest BCUT2D eigenvalue weighted by Gasteiger charge is 2.42. The Morgan fingerprint density at radius 1 is 1.27 bits per heavy atom. The normalized spacial score (nSPS) is 22.9. The smallest absolute Gasteiger partial charge is 0.0815 e. The Balaban J connectivity index is 1.20. The summed E-state index contributed by atoms with van der Waals surface area (Å²) in [6.45, 7) is 5.45. The molecule has 140 valence electrons. The van der Waals surface area contributed by atoms with Gasteiger partial charge in [0.05, 0.1) is 32.1 Å². The van der Waals surface area contributed by atoms with Crippen molar-refractivity contribution in [2.45, 2.75) is 38.5 Å². The van der Waals surface area contributed by atoms with Crippen LogP contribution in [-0.2, 0) is 29.7 Å². The third-order valence-electron chi connectivity index (χ3n) is 5.66. The van der Waals surface area contributed by atoms with Gasteiger partial charge in [0.25, 0.3) is 0 Å². The maximum absolute atomic E-state index is 6.07. The second kappa shape index (κ2) is 7.86. The van der Waals surface area contributed by atoms with Crippen LogP contribution >= 0.6 is 0 Å². The van der Waals surface area contributed by atoms with E-state index in [-0.39, 0.29) is 6.10 Å². The number of rotatable bonds is 6. The van der Waals surface area contributed by atoms with Gasteiger partial charge in [-0.15, -0.1) is 0 Å². The van der Waals surface area contributed by atoms with E-state index in [1.807, 2.05) is 36.3 Å². The summed E-state index contributed by atoms with van der Waals surface area (Å²) in [5, 5.41) is 4.27. The molecule has 2 saturated heterocycles. The summed E-state index contributed by atoms with van der Waals surface area (Å²) in [6.07, 6.45) is 11.5. The van der Waals surface area contributed by atoms with Gasteiger partial charge in [-0.05, 0) is 49.4 Å². The molecule has 1 atom stereocenters. The number of nitrogens with zero attached hydrogens (tertiary/aromatic N) is 4. The highest BCUT2D eigenvalue weighted by atomic mass is 16.5. The van der Waals surface area contributed by atoms with Crippen molar-refractivity contribution in [1.29, 1.82) is 0 Å². The van der Waals surface area contributed by atoms with Crippen molar-refractivity contribution in [3.8, 4) is 0 Å². The van der Waals surface area contributed by atoms with E-state index in [2.05, 4.69) is 21.2 Å². The first-order chi connectivity index (χ1) is 12.7. The molecule has 4 rings (SSSR count). The van der Waals surface area contributed by atoms with Crippen LogP contribution in [0, 0.1) is 5.41 Å². The molecule has 2 aliphatic heterocycles. The van der Waals surface area contributed by atoms with E-state index in [0.29, 0.717) is 18.6 Å². The predicted molar refractivity (Wildman–Crippen MR) is 98.4 cm³/mol. The summed E-state index contributed by atoms with van der Waals surface area (Å²) >= 11 is 0. The maximum atomic E-state index is 6.07. The van der Waals surface area contributed by atoms with Gasteiger partial charge in [0.2, 0.25) is 0 Å². The number of aromatic nitrogens is 3. The van der Waals surface area contributed by atoms with Gasteiger partial charge in [0, 0.05) is 37.7 Å². The lowest BCUT2D eigenvalue weighted by Crippen LogP contribution is -2.40. The molecule has 6 heteroatoms. The van der Waals surface area contributed by atoms with Crippen molar-refractivity contribution in [2.75, 3.05) is 26.3 Å². The topological polar surface area (TPSA) is 52.4 Å². The molecule has 0 bridgehead atoms. The lowest BCUT2D eigenvalue weighted by Gasteiger charge is -2.38. The Labute approximate surface area is 155 Å². The predicted octanol–water partition coefficient (Wildman–Crippen LogP) is 2.40. The van der Waals surface area contributed by atoms with Crippen molar-refractivity contribution in [2.24, 2.45) is 12.5 Å². The molecule has 0 aromatic carbocycles. The van der Waals surface area contributed by atoms with Crippen molar-refractivity contribution < 1.29 is 9.47 Å². The third-order valence-corrected chi connectivity index (χ3v) is 5.66. The standard InChI is InChI=1S/C20H28N4O2/c1-23-12-18(11-22-23)13-24-7-4-20(5-8-24)9-19(26-16-20)15-25-14-17-3-2-6-21-10-17/h2-3,6,10-12,19H,4-5,7-9,13-16H2,1H3/t19-/m0/s1. The molecule has 0 aliphatic carbocycles. The number of pyridine rings is 1. The van der Waals surface area contributed by atoms with Crippen molar-refractivity contribution in [3.63, 3.8) is 0 Å². The van der Waals surface area contributed by atoms with Gasteiger partial charge in [-0.25, -0.2) is 0 Å². The van der Waals surface area contributed by atoms with Crippen LogP contribution in [0.4, 0.5) is 0 Å². The van der Waals surface area contributed by atoms with Gasteiger partial charge in [-0.1, -0.05) is 6.07 Å². The highest BCUT2D eigenvalue weighted by molar-refractivity contribution is 5.07. The zero-order valence-corrected chi connectivity index (χ0v) is 15.5. The molecule has 0 amide bonds. The van der Waals surface area contributed by atoms with E-state index in [1.54, 1.807) is 6.20 Å². The fourth-order valence-electron chi connectivity index (χ4n) is 4.14. The van der Waals surface area contributed by atoms with Gasteiger partial charge < -0.3 is 9.47 Å². The van der Waals surface area contributed by atoms with Crippen molar-refractivity contribution >= 4 is 0 Å². The van der Waals surface area contributed by atoms with E-state index >= 15 is 0 Å². The molecule has 2 aliphatic rings.